The lowest BCUT2D eigenvalue weighted by Gasteiger charge is -2.32. The van der Waals surface area contributed by atoms with Crippen molar-refractivity contribution in [1.82, 2.24) is 10.2 Å². The van der Waals surface area contributed by atoms with Gasteiger partial charge < -0.3 is 24.4 Å². The summed E-state index contributed by atoms with van der Waals surface area (Å²) in [6.07, 6.45) is 0.680. The van der Waals surface area contributed by atoms with E-state index in [-0.39, 0.29) is 28.9 Å². The van der Waals surface area contributed by atoms with Crippen molar-refractivity contribution in [2.24, 2.45) is 0 Å². The van der Waals surface area contributed by atoms with Crippen LogP contribution in [0.15, 0.2) is 71.6 Å². The molecule has 0 bridgehead atoms. The molecule has 1 N–H and O–H groups in total. The second-order valence-electron chi connectivity index (χ2n) is 10.1. The van der Waals surface area contributed by atoms with Gasteiger partial charge in [-0.25, -0.2) is 12.8 Å². The molecule has 12 heteroatoms. The number of carbonyl (C=O) groups is 2. The van der Waals surface area contributed by atoms with Crippen molar-refractivity contribution in [1.29, 1.82) is 0 Å². The van der Waals surface area contributed by atoms with E-state index in [1.54, 1.807) is 31.2 Å². The minimum absolute atomic E-state index is 0.0538. The first-order chi connectivity index (χ1) is 20.9. The van der Waals surface area contributed by atoms with Crippen LogP contribution in [0.1, 0.15) is 39.7 Å². The van der Waals surface area contributed by atoms with Gasteiger partial charge in [-0.3, -0.25) is 13.9 Å². The Morgan fingerprint density at radius 3 is 2.11 bits per heavy atom. The number of anilines is 1. The molecule has 0 radical (unpaired) electrons. The molecule has 0 spiro atoms. The third kappa shape index (κ3) is 8.40. The highest BCUT2D eigenvalue weighted by Gasteiger charge is 2.33. The maximum Gasteiger partial charge on any atom is 0.264 e. The summed E-state index contributed by atoms with van der Waals surface area (Å²) >= 11 is 0. The van der Waals surface area contributed by atoms with Crippen molar-refractivity contribution in [2.75, 3.05) is 31.7 Å². The van der Waals surface area contributed by atoms with Crippen LogP contribution in [0, 0.1) is 5.82 Å². The third-order valence-corrected chi connectivity index (χ3v) is 8.86. The van der Waals surface area contributed by atoms with Crippen LogP contribution >= 0.6 is 0 Å². The van der Waals surface area contributed by atoms with Gasteiger partial charge in [0.2, 0.25) is 11.8 Å². The van der Waals surface area contributed by atoms with Crippen LogP contribution in [0.2, 0.25) is 0 Å². The number of ether oxygens (including phenoxy) is 3. The van der Waals surface area contributed by atoms with Gasteiger partial charge in [0.15, 0.2) is 11.5 Å². The van der Waals surface area contributed by atoms with Gasteiger partial charge in [-0.2, -0.15) is 0 Å². The summed E-state index contributed by atoms with van der Waals surface area (Å²) in [5, 5.41) is 2.88. The Morgan fingerprint density at radius 2 is 1.55 bits per heavy atom. The van der Waals surface area contributed by atoms with Gasteiger partial charge in [-0.05, 0) is 81.3 Å². The Hall–Kier alpha value is -4.32. The maximum absolute atomic E-state index is 14.2. The number of nitrogens with zero attached hydrogens (tertiary/aromatic N) is 2. The summed E-state index contributed by atoms with van der Waals surface area (Å²) in [6, 6.07) is 14.9. The van der Waals surface area contributed by atoms with Gasteiger partial charge in [0.25, 0.3) is 10.0 Å². The Morgan fingerprint density at radius 1 is 0.909 bits per heavy atom. The van der Waals surface area contributed by atoms with Crippen molar-refractivity contribution in [2.45, 2.75) is 57.6 Å². The summed E-state index contributed by atoms with van der Waals surface area (Å²) in [6.45, 7) is 6.90. The second-order valence-corrected chi connectivity index (χ2v) is 12.0. The predicted octanol–water partition coefficient (Wildman–Crippen LogP) is 4.77. The van der Waals surface area contributed by atoms with E-state index in [1.165, 1.54) is 61.6 Å². The fraction of sp³-hybridized carbons (Fsp3) is 0.375. The molecule has 3 aromatic carbocycles. The van der Waals surface area contributed by atoms with Crippen LogP contribution in [-0.4, -0.2) is 64.6 Å². The number of rotatable bonds is 15. The fourth-order valence-electron chi connectivity index (χ4n) is 4.34. The highest BCUT2D eigenvalue weighted by molar-refractivity contribution is 7.92. The molecule has 0 saturated heterocycles. The molecular formula is C32H40FN3O7S. The SMILES string of the molecule is CCOc1ccc(N(CC(=O)N(Cc2ccc(F)cc2)[C@H](C)C(=O)N[C@@H](C)CC)S(=O)(=O)c2ccc(OC)c(OC)c2)cc1. The molecule has 2 amide bonds. The molecular weight excluding hydrogens is 589 g/mol. The predicted molar refractivity (Wildman–Crippen MR) is 166 cm³/mol. The average molecular weight is 630 g/mol. The molecule has 3 aromatic rings. The van der Waals surface area contributed by atoms with Crippen LogP contribution in [0.5, 0.6) is 17.2 Å². The summed E-state index contributed by atoms with van der Waals surface area (Å²) in [5.41, 5.74) is 0.772. The van der Waals surface area contributed by atoms with Crippen molar-refractivity contribution >= 4 is 27.5 Å². The normalized spacial score (nSPS) is 12.5. The molecule has 0 aliphatic rings. The van der Waals surface area contributed by atoms with E-state index in [9.17, 15) is 22.4 Å². The molecule has 0 aliphatic carbocycles. The number of hydrogen-bond acceptors (Lipinski definition) is 7. The van der Waals surface area contributed by atoms with Gasteiger partial charge in [-0.15, -0.1) is 0 Å². The van der Waals surface area contributed by atoms with Crippen molar-refractivity contribution < 1.29 is 36.6 Å². The molecule has 3 rings (SSSR count). The van der Waals surface area contributed by atoms with Crippen LogP contribution in [0.25, 0.3) is 0 Å². The number of sulfonamides is 1. The quantitative estimate of drug-likeness (QED) is 0.258. The summed E-state index contributed by atoms with van der Waals surface area (Å²) in [7, 11) is -1.53. The molecule has 0 unspecified atom stereocenters. The van der Waals surface area contributed by atoms with Crippen LogP contribution < -0.4 is 23.8 Å². The van der Waals surface area contributed by atoms with Gasteiger partial charge in [0, 0.05) is 18.7 Å². The molecule has 238 valence electrons. The van der Waals surface area contributed by atoms with Crippen molar-refractivity contribution in [3.05, 3.63) is 78.1 Å². The number of benzene rings is 3. The first kappa shape index (κ1) is 34.2. The van der Waals surface area contributed by atoms with Crippen LogP contribution in [0.3, 0.4) is 0 Å². The van der Waals surface area contributed by atoms with E-state index in [2.05, 4.69) is 5.32 Å². The van der Waals surface area contributed by atoms with E-state index in [0.717, 1.165) is 4.31 Å². The van der Waals surface area contributed by atoms with Gasteiger partial charge >= 0.3 is 0 Å². The zero-order valence-corrected chi connectivity index (χ0v) is 26.7. The number of amides is 2. The summed E-state index contributed by atoms with van der Waals surface area (Å²) in [5.74, 6) is -0.429. The fourth-order valence-corrected chi connectivity index (χ4v) is 5.77. The number of carbonyl (C=O) groups excluding carboxylic acids is 2. The van der Waals surface area contributed by atoms with Crippen molar-refractivity contribution in [3.63, 3.8) is 0 Å². The van der Waals surface area contributed by atoms with Gasteiger partial charge in [0.1, 0.15) is 24.2 Å². The lowest BCUT2D eigenvalue weighted by molar-refractivity contribution is -0.139. The third-order valence-electron chi connectivity index (χ3n) is 7.09. The standard InChI is InChI=1S/C32H40FN3O7S/c1-7-22(3)34-32(38)23(4)35(20-24-9-11-25(33)12-10-24)31(37)21-36(26-13-15-27(16-14-26)43-8-2)44(39,40)28-17-18-29(41-5)30(19-28)42-6/h9-19,22-23H,7-8,20-21H2,1-6H3,(H,34,38)/t22-,23+/m0/s1. The summed E-state index contributed by atoms with van der Waals surface area (Å²) in [4.78, 5) is 28.4. The lowest BCUT2D eigenvalue weighted by Crippen LogP contribution is -2.52. The van der Waals surface area contributed by atoms with Gasteiger partial charge in [-0.1, -0.05) is 19.1 Å². The Balaban J connectivity index is 2.07. The lowest BCUT2D eigenvalue weighted by atomic mass is 10.1. The molecule has 0 aliphatic heterocycles. The molecule has 0 heterocycles. The maximum atomic E-state index is 14.2. The molecule has 0 fully saturated rings. The first-order valence-electron chi connectivity index (χ1n) is 14.3. The zero-order valence-electron chi connectivity index (χ0n) is 25.9. The van der Waals surface area contributed by atoms with Gasteiger partial charge in [0.05, 0.1) is 31.4 Å². The van der Waals surface area contributed by atoms with Crippen LogP contribution in [0.4, 0.5) is 10.1 Å². The minimum Gasteiger partial charge on any atom is -0.494 e. The Bertz CT molecular complexity index is 1520. The van der Waals surface area contributed by atoms with E-state index in [4.69, 9.17) is 14.2 Å². The van der Waals surface area contributed by atoms with E-state index in [0.29, 0.717) is 30.1 Å². The highest BCUT2D eigenvalue weighted by atomic mass is 32.2. The number of methoxy groups -OCH3 is 2. The molecule has 0 aromatic heterocycles. The molecule has 2 atom stereocenters. The first-order valence-corrected chi connectivity index (χ1v) is 15.7. The largest absolute Gasteiger partial charge is 0.494 e. The smallest absolute Gasteiger partial charge is 0.264 e. The summed E-state index contributed by atoms with van der Waals surface area (Å²) < 4.78 is 59.0. The molecule has 0 saturated carbocycles. The average Bonchev–Trinajstić information content (AvgIpc) is 3.02. The topological polar surface area (TPSA) is 114 Å². The minimum atomic E-state index is -4.35. The second kappa shape index (κ2) is 15.4. The highest BCUT2D eigenvalue weighted by Crippen LogP contribution is 2.33. The Labute approximate surface area is 258 Å². The molecule has 10 nitrogen and oxygen atoms in total. The number of halogens is 1. The number of nitrogens with one attached hydrogen (secondary N) is 1. The van der Waals surface area contributed by atoms with Crippen LogP contribution in [-0.2, 0) is 26.2 Å². The number of hydrogen-bond donors (Lipinski definition) is 1. The zero-order chi connectivity index (χ0) is 32.4. The van der Waals surface area contributed by atoms with E-state index in [1.807, 2.05) is 20.8 Å². The van der Waals surface area contributed by atoms with E-state index >= 15 is 0 Å². The Kier molecular flexibility index (Phi) is 12.0. The molecule has 44 heavy (non-hydrogen) atoms. The monoisotopic (exact) mass is 629 g/mol. The van der Waals surface area contributed by atoms with E-state index < -0.39 is 40.2 Å². The van der Waals surface area contributed by atoms with Crippen molar-refractivity contribution in [3.8, 4) is 17.2 Å².